The Morgan fingerprint density at radius 3 is 2.94 bits per heavy atom. The molecule has 0 saturated heterocycles. The van der Waals surface area contributed by atoms with Gasteiger partial charge in [0, 0.05) is 35.4 Å². The summed E-state index contributed by atoms with van der Waals surface area (Å²) in [5.41, 5.74) is 0. The van der Waals surface area contributed by atoms with Gasteiger partial charge in [-0.25, -0.2) is 13.4 Å². The van der Waals surface area contributed by atoms with Crippen molar-refractivity contribution in [2.24, 2.45) is 0 Å². The van der Waals surface area contributed by atoms with Gasteiger partial charge in [0.15, 0.2) is 5.13 Å². The minimum absolute atomic E-state index is 0.247. The van der Waals surface area contributed by atoms with Crippen molar-refractivity contribution in [3.8, 4) is 0 Å². The molecule has 4 nitrogen and oxygen atoms in total. The van der Waals surface area contributed by atoms with Crippen molar-refractivity contribution >= 4 is 38.1 Å². The zero-order chi connectivity index (χ0) is 12.7. The molecule has 0 unspecified atom stereocenters. The molecule has 0 saturated carbocycles. The maximum absolute atomic E-state index is 10.9. The molecule has 0 aromatic carbocycles. The van der Waals surface area contributed by atoms with Gasteiger partial charge in [-0.1, -0.05) is 6.92 Å². The Bertz CT molecular complexity index is 429. The van der Waals surface area contributed by atoms with Crippen LogP contribution >= 0.6 is 23.1 Å². The van der Waals surface area contributed by atoms with Gasteiger partial charge in [-0.2, -0.15) is 11.8 Å². The second kappa shape index (κ2) is 7.23. The lowest BCUT2D eigenvalue weighted by molar-refractivity contribution is 0.603. The quantitative estimate of drug-likeness (QED) is 0.745. The number of anilines is 1. The highest BCUT2D eigenvalue weighted by molar-refractivity contribution is 8.00. The van der Waals surface area contributed by atoms with Crippen LogP contribution in [0, 0.1) is 0 Å². The first-order valence-electron chi connectivity index (χ1n) is 5.45. The average Bonchev–Trinajstić information content (AvgIpc) is 2.68. The second-order valence-electron chi connectivity index (χ2n) is 3.74. The van der Waals surface area contributed by atoms with E-state index in [1.807, 2.05) is 6.20 Å². The van der Waals surface area contributed by atoms with E-state index in [1.54, 1.807) is 23.1 Å². The minimum Gasteiger partial charge on any atom is -0.362 e. The lowest BCUT2D eigenvalue weighted by Crippen LogP contribution is -2.04. The van der Waals surface area contributed by atoms with Gasteiger partial charge >= 0.3 is 0 Å². The van der Waals surface area contributed by atoms with E-state index in [4.69, 9.17) is 0 Å². The fourth-order valence-electron chi connectivity index (χ4n) is 1.07. The Morgan fingerprint density at radius 2 is 2.29 bits per heavy atom. The Kier molecular flexibility index (Phi) is 6.29. The molecule has 98 valence electrons. The molecule has 0 radical (unpaired) electrons. The second-order valence-corrected chi connectivity index (χ2v) is 8.22. The molecule has 0 amide bonds. The Balaban J connectivity index is 2.25. The summed E-state index contributed by atoms with van der Waals surface area (Å²) in [6.07, 6.45) is 4.21. The summed E-state index contributed by atoms with van der Waals surface area (Å²) in [4.78, 5) is 5.44. The molecule has 1 aromatic rings. The molecule has 0 fully saturated rings. The third-order valence-electron chi connectivity index (χ3n) is 1.92. The highest BCUT2D eigenvalue weighted by atomic mass is 32.2. The number of hydrogen-bond acceptors (Lipinski definition) is 6. The topological polar surface area (TPSA) is 59.1 Å². The lowest BCUT2D eigenvalue weighted by Gasteiger charge is -1.98. The number of hydrogen-bond donors (Lipinski definition) is 1. The summed E-state index contributed by atoms with van der Waals surface area (Å²) in [5, 5.41) is 4.18. The van der Waals surface area contributed by atoms with E-state index in [0.717, 1.165) is 23.8 Å². The van der Waals surface area contributed by atoms with E-state index in [1.165, 1.54) is 11.1 Å². The van der Waals surface area contributed by atoms with Crippen LogP contribution < -0.4 is 5.32 Å². The molecule has 1 rings (SSSR count). The maximum atomic E-state index is 10.9. The van der Waals surface area contributed by atoms with Crippen LogP contribution in [0.5, 0.6) is 0 Å². The smallest absolute Gasteiger partial charge is 0.182 e. The number of thiazole rings is 1. The first kappa shape index (κ1) is 14.8. The van der Waals surface area contributed by atoms with E-state index in [0.29, 0.717) is 5.75 Å². The van der Waals surface area contributed by atoms with Crippen LogP contribution in [0.2, 0.25) is 0 Å². The van der Waals surface area contributed by atoms with Gasteiger partial charge in [-0.05, 0) is 6.42 Å². The lowest BCUT2D eigenvalue weighted by atomic mass is 10.5. The van der Waals surface area contributed by atoms with E-state index < -0.39 is 9.84 Å². The molecule has 1 heterocycles. The van der Waals surface area contributed by atoms with Gasteiger partial charge in [0.1, 0.15) is 9.84 Å². The summed E-state index contributed by atoms with van der Waals surface area (Å²) >= 11 is 3.27. The van der Waals surface area contributed by atoms with Crippen molar-refractivity contribution in [3.05, 3.63) is 11.1 Å². The van der Waals surface area contributed by atoms with Gasteiger partial charge in [-0.3, -0.25) is 0 Å². The number of rotatable bonds is 8. The molecule has 0 atom stereocenters. The largest absolute Gasteiger partial charge is 0.362 e. The first-order valence-corrected chi connectivity index (χ1v) is 9.48. The van der Waals surface area contributed by atoms with Crippen molar-refractivity contribution in [1.29, 1.82) is 0 Å². The third kappa shape index (κ3) is 6.90. The normalized spacial score (nSPS) is 11.6. The van der Waals surface area contributed by atoms with E-state index in [9.17, 15) is 8.42 Å². The molecule has 1 N–H and O–H groups in total. The van der Waals surface area contributed by atoms with Crippen LogP contribution in [0.25, 0.3) is 0 Å². The molecule has 0 aliphatic rings. The van der Waals surface area contributed by atoms with Crippen LogP contribution in [0.3, 0.4) is 0 Å². The highest BCUT2D eigenvalue weighted by Gasteiger charge is 2.04. The molecular weight excluding hydrogens is 276 g/mol. The molecule has 7 heteroatoms. The molecule has 17 heavy (non-hydrogen) atoms. The zero-order valence-electron chi connectivity index (χ0n) is 10.1. The average molecular weight is 294 g/mol. The molecule has 0 spiro atoms. The maximum Gasteiger partial charge on any atom is 0.182 e. The SMILES string of the molecule is CCCNc1ncc(CSCCS(C)(=O)=O)s1. The van der Waals surface area contributed by atoms with Crippen molar-refractivity contribution < 1.29 is 8.42 Å². The van der Waals surface area contributed by atoms with Crippen molar-refractivity contribution in [3.63, 3.8) is 0 Å². The van der Waals surface area contributed by atoms with Crippen LogP contribution in [-0.4, -0.2) is 37.7 Å². The fourth-order valence-corrected chi connectivity index (χ4v) is 4.29. The van der Waals surface area contributed by atoms with Gasteiger partial charge in [0.25, 0.3) is 0 Å². The van der Waals surface area contributed by atoms with E-state index in [-0.39, 0.29) is 5.75 Å². The Morgan fingerprint density at radius 1 is 1.53 bits per heavy atom. The van der Waals surface area contributed by atoms with Crippen LogP contribution in [0.4, 0.5) is 5.13 Å². The summed E-state index contributed by atoms with van der Waals surface area (Å²) in [6.45, 7) is 3.05. The van der Waals surface area contributed by atoms with Crippen molar-refractivity contribution in [2.45, 2.75) is 19.1 Å². The Hall–Kier alpha value is -0.270. The van der Waals surface area contributed by atoms with Crippen LogP contribution in [0.1, 0.15) is 18.2 Å². The van der Waals surface area contributed by atoms with Crippen LogP contribution in [0.15, 0.2) is 6.20 Å². The monoisotopic (exact) mass is 294 g/mol. The molecule has 0 bridgehead atoms. The highest BCUT2D eigenvalue weighted by Crippen LogP contribution is 2.22. The molecular formula is C10H18N2O2S3. The van der Waals surface area contributed by atoms with Gasteiger partial charge in [-0.15, -0.1) is 11.3 Å². The summed E-state index contributed by atoms with van der Waals surface area (Å²) in [6, 6.07) is 0. The van der Waals surface area contributed by atoms with Crippen molar-refractivity contribution in [1.82, 2.24) is 4.98 Å². The Labute approximate surface area is 111 Å². The first-order chi connectivity index (χ1) is 8.01. The third-order valence-corrected chi connectivity index (χ3v) is 5.27. The predicted molar refractivity (Wildman–Crippen MR) is 76.8 cm³/mol. The number of thioether (sulfide) groups is 1. The number of sulfone groups is 1. The summed E-state index contributed by atoms with van der Waals surface area (Å²) in [7, 11) is -2.83. The minimum atomic E-state index is -2.83. The molecule has 0 aliphatic heterocycles. The molecule has 1 aromatic heterocycles. The van der Waals surface area contributed by atoms with Gasteiger partial charge < -0.3 is 5.32 Å². The zero-order valence-corrected chi connectivity index (χ0v) is 12.6. The standard InChI is InChI=1S/C10H18N2O2S3/c1-3-4-11-10-12-7-9(16-10)8-15-5-6-17(2,13)14/h7H,3-6,8H2,1-2H3,(H,11,12). The van der Waals surface area contributed by atoms with E-state index in [2.05, 4.69) is 17.2 Å². The number of nitrogens with one attached hydrogen (secondary N) is 1. The fraction of sp³-hybridized carbons (Fsp3) is 0.700. The van der Waals surface area contributed by atoms with Gasteiger partial charge in [0.05, 0.1) is 5.75 Å². The van der Waals surface area contributed by atoms with Crippen molar-refractivity contribution in [2.75, 3.05) is 29.6 Å². The molecule has 0 aliphatic carbocycles. The van der Waals surface area contributed by atoms with Crippen LogP contribution in [-0.2, 0) is 15.6 Å². The number of aromatic nitrogens is 1. The van der Waals surface area contributed by atoms with E-state index >= 15 is 0 Å². The summed E-state index contributed by atoms with van der Waals surface area (Å²) < 4.78 is 21.9. The summed E-state index contributed by atoms with van der Waals surface area (Å²) in [5.74, 6) is 1.73. The van der Waals surface area contributed by atoms with Gasteiger partial charge in [0.2, 0.25) is 0 Å². The number of nitrogens with zero attached hydrogens (tertiary/aromatic N) is 1. The predicted octanol–water partition coefficient (Wildman–Crippen LogP) is 2.24.